The zero-order valence-corrected chi connectivity index (χ0v) is 17.4. The van der Waals surface area contributed by atoms with Crippen molar-refractivity contribution in [3.63, 3.8) is 0 Å². The number of halogens is 3. The van der Waals surface area contributed by atoms with Crippen molar-refractivity contribution in [2.75, 3.05) is 26.2 Å². The van der Waals surface area contributed by atoms with Gasteiger partial charge in [0.1, 0.15) is 6.10 Å². The van der Waals surface area contributed by atoms with Gasteiger partial charge in [-0.25, -0.2) is 13.6 Å². The fourth-order valence-electron chi connectivity index (χ4n) is 3.80. The number of H-pyrrole nitrogens is 1. The Morgan fingerprint density at radius 1 is 1.29 bits per heavy atom. The number of likely N-dealkylation sites (tertiary alicyclic amines) is 1. The maximum atomic E-state index is 13.4. The molecule has 1 aromatic carbocycles. The Hall–Kier alpha value is -2.55. The van der Waals surface area contributed by atoms with E-state index in [-0.39, 0.29) is 18.4 Å². The number of alkyl halides is 2. The van der Waals surface area contributed by atoms with Crippen LogP contribution in [0.3, 0.4) is 0 Å². The van der Waals surface area contributed by atoms with E-state index in [9.17, 15) is 18.7 Å². The molecule has 164 valence electrons. The van der Waals surface area contributed by atoms with Crippen LogP contribution in [0.2, 0.25) is 5.02 Å². The highest BCUT2D eigenvalue weighted by atomic mass is 35.5. The van der Waals surface area contributed by atoms with Crippen LogP contribution in [0, 0.1) is 0 Å². The number of carboxylic acids is 1. The Morgan fingerprint density at radius 3 is 2.74 bits per heavy atom. The van der Waals surface area contributed by atoms with Gasteiger partial charge < -0.3 is 19.7 Å². The standard InChI is InChI=1S/C22H22ClF2N3O3/c23-16-4-2-1-3-14(16)20(31-12-11-28-9-6-22(24,25)7-10-28)18-13-17-19(27-18)15(21(29)30)5-8-26-17/h1-5,8,13,20,27H,6-7,9-12H2,(H,29,30)/t20-/m0/s1. The van der Waals surface area contributed by atoms with Gasteiger partial charge in [0.05, 0.1) is 28.9 Å². The summed E-state index contributed by atoms with van der Waals surface area (Å²) in [7, 11) is 0. The number of carboxylic acid groups (broad SMARTS) is 1. The predicted molar refractivity (Wildman–Crippen MR) is 113 cm³/mol. The maximum Gasteiger partial charge on any atom is 0.337 e. The summed E-state index contributed by atoms with van der Waals surface area (Å²) < 4.78 is 32.9. The minimum absolute atomic E-state index is 0.114. The number of hydrogen-bond donors (Lipinski definition) is 2. The molecule has 1 aliphatic rings. The lowest BCUT2D eigenvalue weighted by Crippen LogP contribution is -2.40. The first-order valence-corrected chi connectivity index (χ1v) is 10.4. The number of rotatable bonds is 7. The summed E-state index contributed by atoms with van der Waals surface area (Å²) >= 11 is 6.41. The smallest absolute Gasteiger partial charge is 0.337 e. The van der Waals surface area contributed by atoms with Crippen LogP contribution in [0.5, 0.6) is 0 Å². The fourth-order valence-corrected chi connectivity index (χ4v) is 4.04. The Labute approximate surface area is 182 Å². The molecule has 6 nitrogen and oxygen atoms in total. The van der Waals surface area contributed by atoms with Crippen LogP contribution >= 0.6 is 11.6 Å². The quantitative estimate of drug-likeness (QED) is 0.544. The molecular weight excluding hydrogens is 428 g/mol. The van der Waals surface area contributed by atoms with E-state index in [4.69, 9.17) is 16.3 Å². The summed E-state index contributed by atoms with van der Waals surface area (Å²) in [4.78, 5) is 20.9. The van der Waals surface area contributed by atoms with Crippen molar-refractivity contribution in [1.82, 2.24) is 14.9 Å². The van der Waals surface area contributed by atoms with E-state index < -0.39 is 18.0 Å². The molecule has 1 saturated heterocycles. The predicted octanol–water partition coefficient (Wildman–Crippen LogP) is 4.75. The van der Waals surface area contributed by atoms with Crippen LogP contribution in [0.1, 0.15) is 40.6 Å². The first kappa shape index (κ1) is 21.7. The molecule has 3 heterocycles. The van der Waals surface area contributed by atoms with Crippen molar-refractivity contribution in [2.24, 2.45) is 0 Å². The van der Waals surface area contributed by atoms with Gasteiger partial charge in [0.15, 0.2) is 0 Å². The van der Waals surface area contributed by atoms with E-state index >= 15 is 0 Å². The number of aromatic carboxylic acids is 1. The number of aromatic nitrogens is 2. The number of piperidine rings is 1. The molecular formula is C22H22ClF2N3O3. The lowest BCUT2D eigenvalue weighted by Gasteiger charge is -2.32. The third-order valence-corrected chi connectivity index (χ3v) is 5.87. The molecule has 0 bridgehead atoms. The number of hydrogen-bond acceptors (Lipinski definition) is 4. The Morgan fingerprint density at radius 2 is 2.03 bits per heavy atom. The van der Waals surface area contributed by atoms with Gasteiger partial charge >= 0.3 is 5.97 Å². The van der Waals surface area contributed by atoms with Crippen molar-refractivity contribution in [2.45, 2.75) is 24.9 Å². The number of fused-ring (bicyclic) bond motifs is 1. The Balaban J connectivity index is 1.57. The molecule has 31 heavy (non-hydrogen) atoms. The topological polar surface area (TPSA) is 78.5 Å². The van der Waals surface area contributed by atoms with Gasteiger partial charge in [-0.3, -0.25) is 4.98 Å². The van der Waals surface area contributed by atoms with Crippen LogP contribution in [-0.4, -0.2) is 58.1 Å². The Bertz CT molecular complexity index is 1080. The average molecular weight is 450 g/mol. The molecule has 1 fully saturated rings. The second-order valence-electron chi connectivity index (χ2n) is 7.62. The number of pyridine rings is 1. The molecule has 0 spiro atoms. The van der Waals surface area contributed by atoms with E-state index in [0.717, 1.165) is 5.56 Å². The van der Waals surface area contributed by atoms with Gasteiger partial charge in [0.2, 0.25) is 0 Å². The molecule has 0 aliphatic carbocycles. The van der Waals surface area contributed by atoms with Crippen molar-refractivity contribution >= 4 is 28.6 Å². The monoisotopic (exact) mass is 449 g/mol. The van der Waals surface area contributed by atoms with Gasteiger partial charge in [-0.1, -0.05) is 29.8 Å². The second-order valence-corrected chi connectivity index (χ2v) is 8.03. The summed E-state index contributed by atoms with van der Waals surface area (Å²) in [6.07, 6.45) is 0.566. The number of nitrogens with one attached hydrogen (secondary N) is 1. The van der Waals surface area contributed by atoms with Crippen molar-refractivity contribution < 1.29 is 23.4 Å². The minimum Gasteiger partial charge on any atom is -0.478 e. The first-order chi connectivity index (χ1) is 14.8. The number of aromatic amines is 1. The molecule has 2 aromatic heterocycles. The molecule has 0 amide bonds. The number of carbonyl (C=O) groups is 1. The van der Waals surface area contributed by atoms with Crippen LogP contribution in [0.25, 0.3) is 11.0 Å². The van der Waals surface area contributed by atoms with E-state index in [1.54, 1.807) is 12.1 Å². The molecule has 1 aliphatic heterocycles. The van der Waals surface area contributed by atoms with Gasteiger partial charge in [-0.15, -0.1) is 0 Å². The second kappa shape index (κ2) is 8.90. The SMILES string of the molecule is O=C(O)c1ccnc2cc([C@@H](OCCN3CCC(F)(F)CC3)c3ccccc3Cl)[nH]c12. The number of ether oxygens (including phenoxy) is 1. The van der Waals surface area contributed by atoms with Crippen molar-refractivity contribution in [3.05, 3.63) is 64.4 Å². The Kier molecular flexibility index (Phi) is 6.22. The molecule has 0 saturated carbocycles. The third-order valence-electron chi connectivity index (χ3n) is 5.52. The lowest BCUT2D eigenvalue weighted by molar-refractivity contribution is -0.0602. The highest BCUT2D eigenvalue weighted by Crippen LogP contribution is 2.33. The zero-order chi connectivity index (χ0) is 22.0. The van der Waals surface area contributed by atoms with E-state index in [2.05, 4.69) is 9.97 Å². The molecule has 1 atom stereocenters. The third kappa shape index (κ3) is 4.87. The summed E-state index contributed by atoms with van der Waals surface area (Å²) in [6.45, 7) is 1.46. The van der Waals surface area contributed by atoms with Gasteiger partial charge in [-0.05, 0) is 18.2 Å². The van der Waals surface area contributed by atoms with Crippen LogP contribution in [0.4, 0.5) is 8.78 Å². The maximum absolute atomic E-state index is 13.4. The van der Waals surface area contributed by atoms with Gasteiger partial charge in [-0.2, -0.15) is 0 Å². The minimum atomic E-state index is -2.59. The lowest BCUT2D eigenvalue weighted by atomic mass is 10.1. The molecule has 0 radical (unpaired) electrons. The summed E-state index contributed by atoms with van der Waals surface area (Å²) in [6, 6.07) is 10.4. The highest BCUT2D eigenvalue weighted by Gasteiger charge is 2.33. The van der Waals surface area contributed by atoms with Gasteiger partial charge in [0.25, 0.3) is 5.92 Å². The van der Waals surface area contributed by atoms with Crippen LogP contribution < -0.4 is 0 Å². The van der Waals surface area contributed by atoms with Crippen LogP contribution in [0.15, 0.2) is 42.6 Å². The normalized spacial score (nSPS) is 17.6. The fraction of sp³-hybridized carbons (Fsp3) is 0.364. The average Bonchev–Trinajstić information content (AvgIpc) is 3.17. The first-order valence-electron chi connectivity index (χ1n) is 10.0. The van der Waals surface area contributed by atoms with Crippen molar-refractivity contribution in [3.8, 4) is 0 Å². The molecule has 4 rings (SSSR count). The van der Waals surface area contributed by atoms with E-state index in [1.165, 1.54) is 12.3 Å². The van der Waals surface area contributed by atoms with E-state index in [1.807, 2.05) is 23.1 Å². The highest BCUT2D eigenvalue weighted by molar-refractivity contribution is 6.31. The molecule has 0 unspecified atom stereocenters. The summed E-state index contributed by atoms with van der Waals surface area (Å²) in [5.41, 5.74) is 2.37. The largest absolute Gasteiger partial charge is 0.478 e. The van der Waals surface area contributed by atoms with E-state index in [0.29, 0.717) is 48.0 Å². The summed E-state index contributed by atoms with van der Waals surface area (Å²) in [5, 5.41) is 9.96. The van der Waals surface area contributed by atoms with Gasteiger partial charge in [0, 0.05) is 49.3 Å². The molecule has 2 N–H and O–H groups in total. The summed E-state index contributed by atoms with van der Waals surface area (Å²) in [5.74, 6) is -3.64. The van der Waals surface area contributed by atoms with Crippen LogP contribution in [-0.2, 0) is 4.74 Å². The molecule has 3 aromatic rings. The number of benzene rings is 1. The molecule has 9 heteroatoms. The number of nitrogens with zero attached hydrogens (tertiary/aromatic N) is 2. The van der Waals surface area contributed by atoms with Crippen molar-refractivity contribution in [1.29, 1.82) is 0 Å². The zero-order valence-electron chi connectivity index (χ0n) is 16.7.